The molecule has 0 saturated carbocycles. The van der Waals surface area contributed by atoms with Crippen LogP contribution in [0.3, 0.4) is 0 Å². The monoisotopic (exact) mass is 551 g/mol. The lowest BCUT2D eigenvalue weighted by atomic mass is 10.0. The topological polar surface area (TPSA) is 61.7 Å². The van der Waals surface area contributed by atoms with Gasteiger partial charge in [0.05, 0.1) is 0 Å². The summed E-state index contributed by atoms with van der Waals surface area (Å²) in [5.74, 6) is 0.914. The molecule has 32 heavy (non-hydrogen) atoms. The zero-order valence-electron chi connectivity index (χ0n) is 19.4. The molecule has 0 spiro atoms. The number of rotatable bonds is 9. The number of aliphatic imine (C=N–C) groups is 1. The first-order chi connectivity index (χ1) is 15.2. The van der Waals surface area contributed by atoms with Crippen LogP contribution in [-0.2, 0) is 13.1 Å². The third kappa shape index (κ3) is 8.58. The molecule has 0 atom stereocenters. The highest BCUT2D eigenvalue weighted by Gasteiger charge is 2.19. The summed E-state index contributed by atoms with van der Waals surface area (Å²) in [7, 11) is 0. The van der Waals surface area contributed by atoms with Crippen molar-refractivity contribution in [1.82, 2.24) is 20.1 Å². The Morgan fingerprint density at radius 2 is 1.81 bits per heavy atom. The highest BCUT2D eigenvalue weighted by Crippen LogP contribution is 2.13. The smallest absolute Gasteiger partial charge is 0.250 e. The van der Waals surface area contributed by atoms with Gasteiger partial charge in [-0.05, 0) is 51.2 Å². The predicted molar refractivity (Wildman–Crippen MR) is 144 cm³/mol. The lowest BCUT2D eigenvalue weighted by Crippen LogP contribution is -2.48. The molecule has 1 aromatic carbocycles. The van der Waals surface area contributed by atoms with Gasteiger partial charge in [0.25, 0.3) is 5.56 Å². The molecule has 1 aliphatic rings. The second-order valence-corrected chi connectivity index (χ2v) is 8.31. The fourth-order valence-electron chi connectivity index (χ4n) is 4.07. The van der Waals surface area contributed by atoms with E-state index in [9.17, 15) is 4.79 Å². The first-order valence-electron chi connectivity index (χ1n) is 11.6. The Hall–Kier alpha value is -1.87. The number of aryl methyl sites for hydroxylation is 1. The average Bonchev–Trinajstić information content (AvgIpc) is 2.77. The average molecular weight is 552 g/mol. The van der Waals surface area contributed by atoms with Gasteiger partial charge in [-0.1, -0.05) is 36.4 Å². The van der Waals surface area contributed by atoms with E-state index < -0.39 is 0 Å². The van der Waals surface area contributed by atoms with Crippen LogP contribution in [0.25, 0.3) is 0 Å². The van der Waals surface area contributed by atoms with E-state index in [-0.39, 0.29) is 29.5 Å². The van der Waals surface area contributed by atoms with Crippen molar-refractivity contribution in [2.75, 3.05) is 26.2 Å². The van der Waals surface area contributed by atoms with Crippen LogP contribution in [0, 0.1) is 6.92 Å². The summed E-state index contributed by atoms with van der Waals surface area (Å²) in [5.41, 5.74) is 2.48. The minimum atomic E-state index is 0. The summed E-state index contributed by atoms with van der Waals surface area (Å²) in [5, 5.41) is 7.00. The van der Waals surface area contributed by atoms with Crippen LogP contribution >= 0.6 is 24.0 Å². The fraction of sp³-hybridized carbons (Fsp3) is 0.520. The quantitative estimate of drug-likeness (QED) is 0.216. The van der Waals surface area contributed by atoms with E-state index in [0.717, 1.165) is 76.6 Å². The Bertz CT molecular complexity index is 875. The molecule has 1 fully saturated rings. The number of nitrogens with zero attached hydrogens (tertiary/aromatic N) is 3. The molecule has 2 N–H and O–H groups in total. The molecule has 0 aliphatic carbocycles. The Labute approximate surface area is 209 Å². The maximum absolute atomic E-state index is 12.0. The number of nitrogens with one attached hydrogen (secondary N) is 2. The van der Waals surface area contributed by atoms with Crippen molar-refractivity contribution in [3.63, 3.8) is 0 Å². The number of aromatic nitrogens is 1. The molecular weight excluding hydrogens is 513 g/mol. The molecule has 6 nitrogen and oxygen atoms in total. The number of halogens is 1. The van der Waals surface area contributed by atoms with Crippen LogP contribution in [0.2, 0.25) is 0 Å². The summed E-state index contributed by atoms with van der Waals surface area (Å²) in [6.07, 6.45) is 4.18. The molecule has 0 radical (unpaired) electrons. The molecular formula is C25H38IN5O. The molecule has 176 valence electrons. The van der Waals surface area contributed by atoms with Crippen LogP contribution in [-0.4, -0.2) is 47.6 Å². The Kier molecular flexibility index (Phi) is 11.8. The van der Waals surface area contributed by atoms with Crippen molar-refractivity contribution in [2.45, 2.75) is 58.7 Å². The van der Waals surface area contributed by atoms with Crippen molar-refractivity contribution in [3.8, 4) is 0 Å². The van der Waals surface area contributed by atoms with E-state index in [1.807, 2.05) is 23.6 Å². The molecule has 1 aliphatic heterocycles. The Balaban J connectivity index is 0.00000363. The lowest BCUT2D eigenvalue weighted by Gasteiger charge is -2.33. The van der Waals surface area contributed by atoms with Gasteiger partial charge in [0.15, 0.2) is 5.96 Å². The van der Waals surface area contributed by atoms with Gasteiger partial charge in [-0.25, -0.2) is 0 Å². The minimum absolute atomic E-state index is 0. The third-order valence-electron chi connectivity index (χ3n) is 5.85. The SMILES string of the molecule is CCNC(=NCCCCn1c(C)cccc1=O)NC1CCN(Cc2ccccc2)CC1.I. The van der Waals surface area contributed by atoms with Gasteiger partial charge in [0.2, 0.25) is 0 Å². The van der Waals surface area contributed by atoms with Crippen molar-refractivity contribution in [1.29, 1.82) is 0 Å². The number of guanidine groups is 1. The Morgan fingerprint density at radius 3 is 2.50 bits per heavy atom. The minimum Gasteiger partial charge on any atom is -0.357 e. The zero-order chi connectivity index (χ0) is 21.9. The molecule has 2 aromatic rings. The number of hydrogen-bond acceptors (Lipinski definition) is 3. The second kappa shape index (κ2) is 14.3. The summed E-state index contributed by atoms with van der Waals surface area (Å²) in [6, 6.07) is 16.6. The standard InChI is InChI=1S/C25H37N5O.HI/c1-3-26-25(27-16-7-8-17-30-21(2)10-9-13-24(30)31)28-23-14-18-29(19-15-23)20-22-11-5-4-6-12-22;/h4-6,9-13,23H,3,7-8,14-20H2,1-2H3,(H2,26,27,28);1H. The van der Waals surface area contributed by atoms with Crippen molar-refractivity contribution >= 4 is 29.9 Å². The number of likely N-dealkylation sites (tertiary alicyclic amines) is 1. The summed E-state index contributed by atoms with van der Waals surface area (Å²) in [4.78, 5) is 19.3. The van der Waals surface area contributed by atoms with Gasteiger partial charge in [-0.3, -0.25) is 14.7 Å². The zero-order valence-corrected chi connectivity index (χ0v) is 21.8. The number of piperidine rings is 1. The number of unbranched alkanes of at least 4 members (excludes halogenated alkanes) is 1. The number of benzene rings is 1. The number of pyridine rings is 1. The van der Waals surface area contributed by atoms with E-state index in [2.05, 4.69) is 52.8 Å². The van der Waals surface area contributed by atoms with Crippen molar-refractivity contribution < 1.29 is 0 Å². The normalized spacial score (nSPS) is 15.2. The molecule has 0 unspecified atom stereocenters. The maximum atomic E-state index is 12.0. The van der Waals surface area contributed by atoms with Crippen LogP contribution in [0.1, 0.15) is 43.9 Å². The predicted octanol–water partition coefficient (Wildman–Crippen LogP) is 3.77. The summed E-state index contributed by atoms with van der Waals surface area (Å²) >= 11 is 0. The van der Waals surface area contributed by atoms with E-state index in [4.69, 9.17) is 4.99 Å². The van der Waals surface area contributed by atoms with Gasteiger partial charge in [0.1, 0.15) is 0 Å². The lowest BCUT2D eigenvalue weighted by molar-refractivity contribution is 0.198. The van der Waals surface area contributed by atoms with E-state index in [0.29, 0.717) is 6.04 Å². The van der Waals surface area contributed by atoms with Crippen molar-refractivity contribution in [2.24, 2.45) is 4.99 Å². The van der Waals surface area contributed by atoms with Crippen LogP contribution in [0.4, 0.5) is 0 Å². The fourth-order valence-corrected chi connectivity index (χ4v) is 4.07. The number of hydrogen-bond donors (Lipinski definition) is 2. The second-order valence-electron chi connectivity index (χ2n) is 8.31. The van der Waals surface area contributed by atoms with E-state index in [1.165, 1.54) is 5.56 Å². The molecule has 0 bridgehead atoms. The van der Waals surface area contributed by atoms with Gasteiger partial charge in [0, 0.05) is 57.1 Å². The summed E-state index contributed by atoms with van der Waals surface area (Å²) in [6.45, 7) is 9.72. The first kappa shape index (κ1) is 26.4. The maximum Gasteiger partial charge on any atom is 0.250 e. The first-order valence-corrected chi connectivity index (χ1v) is 11.6. The summed E-state index contributed by atoms with van der Waals surface area (Å²) < 4.78 is 1.84. The van der Waals surface area contributed by atoms with Gasteiger partial charge < -0.3 is 15.2 Å². The Morgan fingerprint density at radius 1 is 1.06 bits per heavy atom. The van der Waals surface area contributed by atoms with E-state index >= 15 is 0 Å². The molecule has 1 aromatic heterocycles. The molecule has 7 heteroatoms. The van der Waals surface area contributed by atoms with Crippen LogP contribution < -0.4 is 16.2 Å². The molecule has 0 amide bonds. The molecule has 3 rings (SSSR count). The van der Waals surface area contributed by atoms with Crippen LogP contribution in [0.15, 0.2) is 58.3 Å². The third-order valence-corrected chi connectivity index (χ3v) is 5.85. The largest absolute Gasteiger partial charge is 0.357 e. The molecule has 2 heterocycles. The van der Waals surface area contributed by atoms with E-state index in [1.54, 1.807) is 6.07 Å². The molecule has 1 saturated heterocycles. The van der Waals surface area contributed by atoms with Gasteiger partial charge >= 0.3 is 0 Å². The highest BCUT2D eigenvalue weighted by atomic mass is 127. The van der Waals surface area contributed by atoms with Gasteiger partial charge in [-0.2, -0.15) is 0 Å². The van der Waals surface area contributed by atoms with Crippen molar-refractivity contribution in [3.05, 3.63) is 70.1 Å². The van der Waals surface area contributed by atoms with Crippen LogP contribution in [0.5, 0.6) is 0 Å². The highest BCUT2D eigenvalue weighted by molar-refractivity contribution is 14.0. The van der Waals surface area contributed by atoms with Gasteiger partial charge in [-0.15, -0.1) is 24.0 Å².